The number of nitrogens with zero attached hydrogens (tertiary/aromatic N) is 3. The first-order valence-corrected chi connectivity index (χ1v) is 8.09. The quantitative estimate of drug-likeness (QED) is 0.742. The molecule has 4 rings (SSSR count). The van der Waals surface area contributed by atoms with Crippen LogP contribution >= 0.6 is 0 Å². The molecule has 0 atom stereocenters. The molecule has 0 spiro atoms. The second-order valence-corrected chi connectivity index (χ2v) is 5.72. The van der Waals surface area contributed by atoms with E-state index in [1.54, 1.807) is 7.11 Å². The Morgan fingerprint density at radius 1 is 0.958 bits per heavy atom. The Hall–Kier alpha value is -2.66. The lowest BCUT2D eigenvalue weighted by Crippen LogP contribution is -2.37. The summed E-state index contributed by atoms with van der Waals surface area (Å²) >= 11 is 0. The van der Waals surface area contributed by atoms with Crippen LogP contribution in [0.1, 0.15) is 0 Å². The van der Waals surface area contributed by atoms with Gasteiger partial charge < -0.3 is 14.4 Å². The van der Waals surface area contributed by atoms with Crippen molar-refractivity contribution in [3.63, 3.8) is 0 Å². The minimum atomic E-state index is 0.732. The van der Waals surface area contributed by atoms with Gasteiger partial charge in [-0.25, -0.2) is 9.97 Å². The van der Waals surface area contributed by atoms with Crippen LogP contribution in [0.5, 0.6) is 5.75 Å². The molecule has 24 heavy (non-hydrogen) atoms. The van der Waals surface area contributed by atoms with E-state index in [0.717, 1.165) is 60.2 Å². The summed E-state index contributed by atoms with van der Waals surface area (Å²) < 4.78 is 10.7. The zero-order valence-electron chi connectivity index (χ0n) is 13.6. The molecular weight excluding hydrogens is 302 g/mol. The van der Waals surface area contributed by atoms with E-state index in [2.05, 4.69) is 11.0 Å². The van der Waals surface area contributed by atoms with Crippen LogP contribution in [0.4, 0.5) is 5.82 Å². The van der Waals surface area contributed by atoms with E-state index >= 15 is 0 Å². The first-order valence-electron chi connectivity index (χ1n) is 8.09. The minimum Gasteiger partial charge on any atom is -0.497 e. The molecule has 5 nitrogen and oxygen atoms in total. The third-order valence-electron chi connectivity index (χ3n) is 4.24. The fourth-order valence-electron chi connectivity index (χ4n) is 2.95. The van der Waals surface area contributed by atoms with E-state index in [0.29, 0.717) is 0 Å². The lowest BCUT2D eigenvalue weighted by atomic mass is 10.1. The van der Waals surface area contributed by atoms with E-state index in [-0.39, 0.29) is 0 Å². The van der Waals surface area contributed by atoms with Crippen molar-refractivity contribution in [1.29, 1.82) is 0 Å². The van der Waals surface area contributed by atoms with Crippen LogP contribution in [0.3, 0.4) is 0 Å². The highest BCUT2D eigenvalue weighted by Gasteiger charge is 2.17. The molecule has 0 saturated carbocycles. The van der Waals surface area contributed by atoms with Crippen molar-refractivity contribution >= 4 is 16.7 Å². The number of hydrogen-bond acceptors (Lipinski definition) is 5. The molecule has 1 aromatic heterocycles. The van der Waals surface area contributed by atoms with E-state index in [9.17, 15) is 0 Å². The summed E-state index contributed by atoms with van der Waals surface area (Å²) in [5, 5.41) is 1.08. The Labute approximate surface area is 140 Å². The van der Waals surface area contributed by atoms with Crippen LogP contribution < -0.4 is 9.64 Å². The van der Waals surface area contributed by atoms with Crippen molar-refractivity contribution in [2.45, 2.75) is 0 Å². The molecule has 0 amide bonds. The number of ether oxygens (including phenoxy) is 2. The summed E-state index contributed by atoms with van der Waals surface area (Å²) in [7, 11) is 1.66. The van der Waals surface area contributed by atoms with Gasteiger partial charge in [0.15, 0.2) is 5.82 Å². The molecule has 0 radical (unpaired) electrons. The molecule has 0 aliphatic carbocycles. The summed E-state index contributed by atoms with van der Waals surface area (Å²) in [5.74, 6) is 2.54. The summed E-state index contributed by atoms with van der Waals surface area (Å²) in [4.78, 5) is 11.9. The number of anilines is 1. The van der Waals surface area contributed by atoms with Crippen molar-refractivity contribution < 1.29 is 9.47 Å². The highest BCUT2D eigenvalue weighted by Crippen LogP contribution is 2.28. The molecule has 0 bridgehead atoms. The van der Waals surface area contributed by atoms with E-state index in [4.69, 9.17) is 19.4 Å². The van der Waals surface area contributed by atoms with Crippen molar-refractivity contribution in [1.82, 2.24) is 9.97 Å². The van der Waals surface area contributed by atoms with Crippen LogP contribution in [0, 0.1) is 0 Å². The summed E-state index contributed by atoms with van der Waals surface area (Å²) in [6, 6.07) is 16.0. The lowest BCUT2D eigenvalue weighted by Gasteiger charge is -2.29. The van der Waals surface area contributed by atoms with Crippen LogP contribution in [0.25, 0.3) is 22.3 Å². The van der Waals surface area contributed by atoms with Gasteiger partial charge in [0.1, 0.15) is 11.6 Å². The van der Waals surface area contributed by atoms with Crippen molar-refractivity contribution in [2.24, 2.45) is 0 Å². The molecule has 1 aliphatic heterocycles. The van der Waals surface area contributed by atoms with E-state index in [1.165, 1.54) is 0 Å². The summed E-state index contributed by atoms with van der Waals surface area (Å²) in [6.07, 6.45) is 0. The highest BCUT2D eigenvalue weighted by molar-refractivity contribution is 5.91. The average molecular weight is 321 g/mol. The van der Waals surface area contributed by atoms with Crippen LogP contribution in [-0.2, 0) is 4.74 Å². The van der Waals surface area contributed by atoms with E-state index in [1.807, 2.05) is 42.5 Å². The predicted molar refractivity (Wildman–Crippen MR) is 94.6 cm³/mol. The zero-order chi connectivity index (χ0) is 16.4. The number of aromatic nitrogens is 2. The fourth-order valence-corrected chi connectivity index (χ4v) is 2.95. The van der Waals surface area contributed by atoms with Gasteiger partial charge in [-0.05, 0) is 36.4 Å². The Balaban J connectivity index is 1.83. The molecular formula is C19H19N3O2. The third kappa shape index (κ3) is 2.78. The lowest BCUT2D eigenvalue weighted by molar-refractivity contribution is 0.122. The van der Waals surface area contributed by atoms with Crippen LogP contribution in [-0.4, -0.2) is 43.4 Å². The average Bonchev–Trinajstić information content (AvgIpc) is 2.68. The number of methoxy groups -OCH3 is 1. The maximum Gasteiger partial charge on any atom is 0.162 e. The van der Waals surface area contributed by atoms with Gasteiger partial charge >= 0.3 is 0 Å². The van der Waals surface area contributed by atoms with Crippen molar-refractivity contribution in [3.05, 3.63) is 48.5 Å². The van der Waals surface area contributed by atoms with Gasteiger partial charge in [-0.3, -0.25) is 0 Å². The number of para-hydroxylation sites is 1. The standard InChI is InChI=1S/C19H19N3O2/c1-23-15-8-6-14(7-9-15)18-20-17-5-3-2-4-16(17)19(21-18)22-10-12-24-13-11-22/h2-9H,10-13H2,1H3. The van der Waals surface area contributed by atoms with Crippen molar-refractivity contribution in [3.8, 4) is 17.1 Å². The number of fused-ring (bicyclic) bond motifs is 1. The van der Waals surface area contributed by atoms with Gasteiger partial charge in [0.25, 0.3) is 0 Å². The Morgan fingerprint density at radius 2 is 1.71 bits per heavy atom. The second-order valence-electron chi connectivity index (χ2n) is 5.72. The minimum absolute atomic E-state index is 0.732. The largest absolute Gasteiger partial charge is 0.497 e. The number of rotatable bonds is 3. The molecule has 1 fully saturated rings. The molecule has 2 aromatic carbocycles. The highest BCUT2D eigenvalue weighted by atomic mass is 16.5. The Morgan fingerprint density at radius 3 is 2.46 bits per heavy atom. The molecule has 2 heterocycles. The second kappa shape index (κ2) is 6.45. The van der Waals surface area contributed by atoms with Gasteiger partial charge in [0.2, 0.25) is 0 Å². The van der Waals surface area contributed by atoms with Gasteiger partial charge in [-0.15, -0.1) is 0 Å². The molecule has 0 unspecified atom stereocenters. The summed E-state index contributed by atoms with van der Waals surface area (Å²) in [5.41, 5.74) is 1.94. The van der Waals surface area contributed by atoms with Gasteiger partial charge in [-0.2, -0.15) is 0 Å². The first-order chi connectivity index (χ1) is 11.8. The SMILES string of the molecule is COc1ccc(-c2nc(N3CCOCC3)c3ccccc3n2)cc1. The number of hydrogen-bond donors (Lipinski definition) is 0. The van der Waals surface area contributed by atoms with Crippen molar-refractivity contribution in [2.75, 3.05) is 38.3 Å². The Bertz CT molecular complexity index is 843. The maximum atomic E-state index is 5.47. The Kier molecular flexibility index (Phi) is 4.01. The fraction of sp³-hybridized carbons (Fsp3) is 0.263. The molecule has 3 aromatic rings. The van der Waals surface area contributed by atoms with Crippen LogP contribution in [0.2, 0.25) is 0 Å². The number of morpholine rings is 1. The first kappa shape index (κ1) is 14.9. The monoisotopic (exact) mass is 321 g/mol. The molecule has 122 valence electrons. The molecule has 0 N–H and O–H groups in total. The molecule has 1 saturated heterocycles. The van der Waals surface area contributed by atoms with Crippen LogP contribution in [0.15, 0.2) is 48.5 Å². The predicted octanol–water partition coefficient (Wildman–Crippen LogP) is 3.14. The molecule has 5 heteroatoms. The van der Waals surface area contributed by atoms with Gasteiger partial charge in [0.05, 0.1) is 25.8 Å². The zero-order valence-corrected chi connectivity index (χ0v) is 13.6. The number of benzene rings is 2. The van der Waals surface area contributed by atoms with E-state index < -0.39 is 0 Å². The normalized spacial score (nSPS) is 14.8. The topological polar surface area (TPSA) is 47.5 Å². The maximum absolute atomic E-state index is 5.47. The van der Waals surface area contributed by atoms with Gasteiger partial charge in [0, 0.05) is 24.0 Å². The third-order valence-corrected chi connectivity index (χ3v) is 4.24. The summed E-state index contributed by atoms with van der Waals surface area (Å²) in [6.45, 7) is 3.17. The van der Waals surface area contributed by atoms with Gasteiger partial charge in [-0.1, -0.05) is 12.1 Å². The molecule has 1 aliphatic rings. The smallest absolute Gasteiger partial charge is 0.162 e.